The van der Waals surface area contributed by atoms with Crippen LogP contribution in [0.1, 0.15) is 10.4 Å². The molecule has 1 amide bonds. The van der Waals surface area contributed by atoms with Gasteiger partial charge < -0.3 is 11.1 Å². The Morgan fingerprint density at radius 3 is 2.47 bits per heavy atom. The van der Waals surface area contributed by atoms with Crippen molar-refractivity contribution in [1.82, 2.24) is 4.98 Å². The quantitative estimate of drug-likeness (QED) is 0.820. The van der Waals surface area contributed by atoms with Crippen molar-refractivity contribution >= 4 is 17.4 Å². The summed E-state index contributed by atoms with van der Waals surface area (Å²) in [5, 5.41) is 2.29. The fourth-order valence-corrected chi connectivity index (χ4v) is 1.39. The molecule has 0 saturated carbocycles. The van der Waals surface area contributed by atoms with E-state index < -0.39 is 23.4 Å². The number of halogens is 3. The normalized spacial score (nSPS) is 10.3. The fraction of sp³-hybridized carbons (Fsp3) is 0. The van der Waals surface area contributed by atoms with Crippen LogP contribution in [-0.2, 0) is 0 Å². The number of nitrogens with two attached hydrogens (primary N) is 1. The summed E-state index contributed by atoms with van der Waals surface area (Å²) in [5.41, 5.74) is 4.98. The highest BCUT2D eigenvalue weighted by atomic mass is 19.2. The van der Waals surface area contributed by atoms with Gasteiger partial charge in [0, 0.05) is 11.8 Å². The zero-order valence-corrected chi connectivity index (χ0v) is 9.45. The Hall–Kier alpha value is -2.57. The highest BCUT2D eigenvalue weighted by Crippen LogP contribution is 2.18. The molecule has 1 aromatic carbocycles. The third-order valence-corrected chi connectivity index (χ3v) is 2.31. The second-order valence-electron chi connectivity index (χ2n) is 3.67. The molecule has 0 aliphatic rings. The number of aromatic nitrogens is 1. The van der Waals surface area contributed by atoms with Crippen LogP contribution in [0, 0.1) is 17.5 Å². The van der Waals surface area contributed by atoms with E-state index in [0.29, 0.717) is 12.1 Å². The molecule has 0 fully saturated rings. The molecule has 0 aliphatic heterocycles. The van der Waals surface area contributed by atoms with Gasteiger partial charge in [-0.1, -0.05) is 0 Å². The average Bonchev–Trinajstić information content (AvgIpc) is 2.36. The van der Waals surface area contributed by atoms with Crippen molar-refractivity contribution in [3.63, 3.8) is 0 Å². The number of hydrogen-bond donors (Lipinski definition) is 2. The minimum absolute atomic E-state index is 0.0653. The SMILES string of the molecule is Nc1cc(F)c(F)cc1C(=O)Nc1ccc(F)cn1. The molecule has 0 saturated heterocycles. The standard InChI is InChI=1S/C12H8F3N3O/c13-6-1-2-11(17-5-6)18-12(19)7-3-8(14)9(15)4-10(7)16/h1-5H,16H2,(H,17,18,19). The highest BCUT2D eigenvalue weighted by Gasteiger charge is 2.14. The monoisotopic (exact) mass is 267 g/mol. The Kier molecular flexibility index (Phi) is 3.37. The van der Waals surface area contributed by atoms with Crippen molar-refractivity contribution in [2.24, 2.45) is 0 Å². The number of benzene rings is 1. The van der Waals surface area contributed by atoms with Crippen molar-refractivity contribution in [3.8, 4) is 0 Å². The molecule has 0 bridgehead atoms. The van der Waals surface area contributed by atoms with Crippen molar-refractivity contribution in [2.45, 2.75) is 0 Å². The minimum atomic E-state index is -1.19. The van der Waals surface area contributed by atoms with Gasteiger partial charge in [0.2, 0.25) is 0 Å². The molecule has 19 heavy (non-hydrogen) atoms. The predicted molar refractivity (Wildman–Crippen MR) is 62.9 cm³/mol. The second-order valence-corrected chi connectivity index (χ2v) is 3.67. The van der Waals surface area contributed by atoms with Crippen LogP contribution in [0.25, 0.3) is 0 Å². The summed E-state index contributed by atoms with van der Waals surface area (Å²) in [5.74, 6) is -3.60. The van der Waals surface area contributed by atoms with Gasteiger partial charge >= 0.3 is 0 Å². The summed E-state index contributed by atoms with van der Waals surface area (Å²) in [4.78, 5) is 15.4. The first-order valence-electron chi connectivity index (χ1n) is 5.15. The molecule has 1 aromatic heterocycles. The van der Waals surface area contributed by atoms with Crippen LogP contribution in [-0.4, -0.2) is 10.9 Å². The van der Waals surface area contributed by atoms with Crippen LogP contribution < -0.4 is 11.1 Å². The molecule has 0 atom stereocenters. The van der Waals surface area contributed by atoms with Crippen LogP contribution in [0.15, 0.2) is 30.5 Å². The molecule has 4 nitrogen and oxygen atoms in total. The van der Waals surface area contributed by atoms with Crippen molar-refractivity contribution < 1.29 is 18.0 Å². The fourth-order valence-electron chi connectivity index (χ4n) is 1.39. The number of hydrogen-bond acceptors (Lipinski definition) is 3. The molecule has 3 N–H and O–H groups in total. The lowest BCUT2D eigenvalue weighted by atomic mass is 10.1. The third kappa shape index (κ3) is 2.82. The topological polar surface area (TPSA) is 68.0 Å². The number of carbonyl (C=O) groups is 1. The maximum Gasteiger partial charge on any atom is 0.259 e. The van der Waals surface area contributed by atoms with E-state index in [2.05, 4.69) is 10.3 Å². The Balaban J connectivity index is 2.25. The first-order valence-corrected chi connectivity index (χ1v) is 5.15. The number of anilines is 2. The van der Waals surface area contributed by atoms with Gasteiger partial charge in [-0.15, -0.1) is 0 Å². The molecule has 7 heteroatoms. The van der Waals surface area contributed by atoms with Crippen LogP contribution in [0.5, 0.6) is 0 Å². The Bertz CT molecular complexity index is 629. The lowest BCUT2D eigenvalue weighted by Crippen LogP contribution is -2.15. The number of nitrogen functional groups attached to an aromatic ring is 1. The predicted octanol–water partition coefficient (Wildman–Crippen LogP) is 2.33. The first kappa shape index (κ1) is 12.9. The van der Waals surface area contributed by atoms with Crippen molar-refractivity contribution in [1.29, 1.82) is 0 Å². The zero-order valence-electron chi connectivity index (χ0n) is 9.45. The zero-order chi connectivity index (χ0) is 14.0. The van der Waals surface area contributed by atoms with Gasteiger partial charge in [0.1, 0.15) is 11.6 Å². The first-order chi connectivity index (χ1) is 8.97. The summed E-state index contributed by atoms with van der Waals surface area (Å²) in [6, 6.07) is 3.71. The molecule has 2 aromatic rings. The second kappa shape index (κ2) is 4.97. The van der Waals surface area contributed by atoms with Crippen LogP contribution in [0.4, 0.5) is 24.7 Å². The van der Waals surface area contributed by atoms with Gasteiger partial charge in [-0.25, -0.2) is 18.2 Å². The van der Waals surface area contributed by atoms with E-state index in [1.54, 1.807) is 0 Å². The maximum absolute atomic E-state index is 13.0. The number of nitrogens with zero attached hydrogens (tertiary/aromatic N) is 1. The van der Waals surface area contributed by atoms with Gasteiger partial charge in [0.15, 0.2) is 11.6 Å². The van der Waals surface area contributed by atoms with E-state index in [1.165, 1.54) is 6.07 Å². The number of nitrogens with one attached hydrogen (secondary N) is 1. The van der Waals surface area contributed by atoms with E-state index in [1.807, 2.05) is 0 Å². The van der Waals surface area contributed by atoms with Gasteiger partial charge in [0.25, 0.3) is 5.91 Å². The lowest BCUT2D eigenvalue weighted by molar-refractivity contribution is 0.102. The van der Waals surface area contributed by atoms with E-state index in [-0.39, 0.29) is 17.1 Å². The number of carbonyl (C=O) groups excluding carboxylic acids is 1. The van der Waals surface area contributed by atoms with Gasteiger partial charge in [-0.2, -0.15) is 0 Å². The average molecular weight is 267 g/mol. The lowest BCUT2D eigenvalue weighted by Gasteiger charge is -2.07. The molecular formula is C12H8F3N3O. The molecule has 1 heterocycles. The number of amides is 1. The minimum Gasteiger partial charge on any atom is -0.398 e. The molecule has 0 spiro atoms. The molecular weight excluding hydrogens is 259 g/mol. The van der Waals surface area contributed by atoms with Crippen LogP contribution in [0.2, 0.25) is 0 Å². The van der Waals surface area contributed by atoms with E-state index in [9.17, 15) is 18.0 Å². The van der Waals surface area contributed by atoms with E-state index >= 15 is 0 Å². The number of pyridine rings is 1. The molecule has 98 valence electrons. The summed E-state index contributed by atoms with van der Waals surface area (Å²) >= 11 is 0. The Morgan fingerprint density at radius 1 is 1.16 bits per heavy atom. The van der Waals surface area contributed by atoms with Crippen molar-refractivity contribution in [3.05, 3.63) is 53.5 Å². The maximum atomic E-state index is 13.0. The Morgan fingerprint density at radius 2 is 1.84 bits per heavy atom. The molecule has 0 aliphatic carbocycles. The summed E-state index contributed by atoms with van der Waals surface area (Å²) in [6.45, 7) is 0. The van der Waals surface area contributed by atoms with E-state index in [4.69, 9.17) is 5.73 Å². The molecule has 0 unspecified atom stereocenters. The molecule has 0 radical (unpaired) electrons. The van der Waals surface area contributed by atoms with Crippen LogP contribution >= 0.6 is 0 Å². The van der Waals surface area contributed by atoms with Crippen molar-refractivity contribution in [2.75, 3.05) is 11.1 Å². The largest absolute Gasteiger partial charge is 0.398 e. The van der Waals surface area contributed by atoms with Gasteiger partial charge in [0.05, 0.1) is 11.8 Å². The summed E-state index contributed by atoms with van der Waals surface area (Å²) in [7, 11) is 0. The third-order valence-electron chi connectivity index (χ3n) is 2.31. The van der Waals surface area contributed by atoms with E-state index in [0.717, 1.165) is 12.3 Å². The summed E-state index contributed by atoms with van der Waals surface area (Å²) < 4.78 is 38.5. The van der Waals surface area contributed by atoms with Gasteiger partial charge in [-0.3, -0.25) is 4.79 Å². The highest BCUT2D eigenvalue weighted by molar-refractivity contribution is 6.07. The summed E-state index contributed by atoms with van der Waals surface area (Å²) in [6.07, 6.45) is 0.907. The Labute approximate surface area is 106 Å². The number of rotatable bonds is 2. The molecule has 2 rings (SSSR count). The van der Waals surface area contributed by atoms with Crippen LogP contribution in [0.3, 0.4) is 0 Å². The smallest absolute Gasteiger partial charge is 0.259 e. The van der Waals surface area contributed by atoms with Gasteiger partial charge in [-0.05, 0) is 18.2 Å².